The Morgan fingerprint density at radius 1 is 1.07 bits per heavy atom. The Labute approximate surface area is 183 Å². The fourth-order valence-corrected chi connectivity index (χ4v) is 2.76. The van der Waals surface area contributed by atoms with E-state index in [0.29, 0.717) is 18.0 Å². The number of anilines is 3. The SMILES string of the molecule is CCOc1cc(OCC(=O)O)c(N(S)C(=O)Nc2ccc(NC(C)=O)cc2)cc1Cl. The number of rotatable bonds is 8. The minimum Gasteiger partial charge on any atom is -0.492 e. The zero-order valence-electron chi connectivity index (χ0n) is 16.1. The third-order valence-electron chi connectivity index (χ3n) is 3.54. The first-order chi connectivity index (χ1) is 14.2. The van der Waals surface area contributed by atoms with Gasteiger partial charge in [0.2, 0.25) is 5.91 Å². The second-order valence-electron chi connectivity index (χ2n) is 5.87. The highest BCUT2D eigenvalue weighted by atomic mass is 35.5. The Balaban J connectivity index is 2.23. The van der Waals surface area contributed by atoms with Crippen LogP contribution < -0.4 is 24.4 Å². The van der Waals surface area contributed by atoms with Crippen molar-refractivity contribution in [1.29, 1.82) is 0 Å². The lowest BCUT2D eigenvalue weighted by molar-refractivity contribution is -0.139. The van der Waals surface area contributed by atoms with E-state index in [1.807, 2.05) is 0 Å². The molecule has 0 radical (unpaired) electrons. The van der Waals surface area contributed by atoms with E-state index in [1.54, 1.807) is 31.2 Å². The molecule has 0 atom stereocenters. The highest BCUT2D eigenvalue weighted by Gasteiger charge is 2.21. The van der Waals surface area contributed by atoms with E-state index in [4.69, 9.17) is 26.2 Å². The van der Waals surface area contributed by atoms with Crippen molar-refractivity contribution in [3.05, 3.63) is 41.4 Å². The predicted octanol–water partition coefficient (Wildman–Crippen LogP) is 4.04. The number of carbonyl (C=O) groups excluding carboxylic acids is 2. The minimum absolute atomic E-state index is 0.0522. The maximum absolute atomic E-state index is 12.6. The zero-order valence-corrected chi connectivity index (χ0v) is 17.8. The topological polar surface area (TPSA) is 117 Å². The number of carboxylic acid groups (broad SMARTS) is 1. The number of benzene rings is 2. The van der Waals surface area contributed by atoms with Crippen molar-refractivity contribution in [2.24, 2.45) is 0 Å². The van der Waals surface area contributed by atoms with Crippen molar-refractivity contribution in [2.75, 3.05) is 28.2 Å². The number of carbonyl (C=O) groups is 3. The van der Waals surface area contributed by atoms with Crippen molar-refractivity contribution in [3.8, 4) is 11.5 Å². The van der Waals surface area contributed by atoms with E-state index in [2.05, 4.69) is 23.4 Å². The summed E-state index contributed by atoms with van der Waals surface area (Å²) in [5, 5.41) is 14.3. The smallest absolute Gasteiger partial charge is 0.341 e. The Bertz CT molecular complexity index is 939. The van der Waals surface area contributed by atoms with Crippen LogP contribution in [0.2, 0.25) is 5.02 Å². The molecular formula is C19H20ClN3O6S. The molecule has 30 heavy (non-hydrogen) atoms. The monoisotopic (exact) mass is 453 g/mol. The molecule has 0 saturated heterocycles. The molecule has 0 fully saturated rings. The first-order valence-corrected chi connectivity index (χ1v) is 9.47. The number of thiol groups is 1. The summed E-state index contributed by atoms with van der Waals surface area (Å²) in [6.45, 7) is 2.85. The van der Waals surface area contributed by atoms with Crippen LogP contribution in [0, 0.1) is 0 Å². The number of amides is 3. The van der Waals surface area contributed by atoms with E-state index >= 15 is 0 Å². The van der Waals surface area contributed by atoms with Gasteiger partial charge >= 0.3 is 12.0 Å². The molecule has 0 aliphatic rings. The molecule has 0 aliphatic heterocycles. The Kier molecular flexibility index (Phi) is 8.19. The summed E-state index contributed by atoms with van der Waals surface area (Å²) in [7, 11) is 0. The number of nitrogens with zero attached hydrogens (tertiary/aromatic N) is 1. The predicted molar refractivity (Wildman–Crippen MR) is 117 cm³/mol. The van der Waals surface area contributed by atoms with Gasteiger partial charge in [-0.15, -0.1) is 0 Å². The van der Waals surface area contributed by atoms with Gasteiger partial charge in [0, 0.05) is 24.4 Å². The minimum atomic E-state index is -1.19. The van der Waals surface area contributed by atoms with E-state index in [0.717, 1.165) is 4.31 Å². The lowest BCUT2D eigenvalue weighted by Crippen LogP contribution is -2.27. The molecule has 0 aliphatic carbocycles. The van der Waals surface area contributed by atoms with Gasteiger partial charge in [0.25, 0.3) is 0 Å². The number of hydrogen-bond acceptors (Lipinski definition) is 6. The number of ether oxygens (including phenoxy) is 2. The van der Waals surface area contributed by atoms with Crippen LogP contribution in [0.25, 0.3) is 0 Å². The summed E-state index contributed by atoms with van der Waals surface area (Å²) in [6.07, 6.45) is 0. The average molecular weight is 454 g/mol. The Morgan fingerprint density at radius 2 is 1.67 bits per heavy atom. The van der Waals surface area contributed by atoms with Gasteiger partial charge < -0.3 is 25.2 Å². The maximum Gasteiger partial charge on any atom is 0.341 e. The summed E-state index contributed by atoms with van der Waals surface area (Å²) in [5.74, 6) is -1.08. The van der Waals surface area contributed by atoms with Crippen LogP contribution in [0.1, 0.15) is 13.8 Å². The zero-order chi connectivity index (χ0) is 22.3. The lowest BCUT2D eigenvalue weighted by atomic mass is 10.2. The number of aliphatic carboxylic acids is 1. The molecular weight excluding hydrogens is 434 g/mol. The van der Waals surface area contributed by atoms with Crippen LogP contribution in [0.15, 0.2) is 36.4 Å². The molecule has 3 amide bonds. The van der Waals surface area contributed by atoms with Crippen molar-refractivity contribution in [1.82, 2.24) is 0 Å². The summed E-state index contributed by atoms with van der Waals surface area (Å²) < 4.78 is 11.6. The second-order valence-corrected chi connectivity index (χ2v) is 6.67. The van der Waals surface area contributed by atoms with Crippen LogP contribution in [0.3, 0.4) is 0 Å². The van der Waals surface area contributed by atoms with Crippen LogP contribution in [-0.4, -0.2) is 36.2 Å². The van der Waals surface area contributed by atoms with Gasteiger partial charge in [-0.1, -0.05) is 24.4 Å². The maximum atomic E-state index is 12.6. The van der Waals surface area contributed by atoms with Crippen LogP contribution in [0.5, 0.6) is 11.5 Å². The molecule has 11 heteroatoms. The van der Waals surface area contributed by atoms with Gasteiger partial charge in [0.05, 0.1) is 11.6 Å². The number of halogens is 1. The molecule has 0 spiro atoms. The summed E-state index contributed by atoms with van der Waals surface area (Å²) in [5.41, 5.74) is 1.14. The van der Waals surface area contributed by atoms with E-state index in [9.17, 15) is 14.4 Å². The number of nitrogens with one attached hydrogen (secondary N) is 2. The van der Waals surface area contributed by atoms with Gasteiger partial charge in [-0.25, -0.2) is 13.9 Å². The molecule has 160 valence electrons. The summed E-state index contributed by atoms with van der Waals surface area (Å²) in [4.78, 5) is 34.6. The third kappa shape index (κ3) is 6.46. The molecule has 0 aromatic heterocycles. The lowest BCUT2D eigenvalue weighted by Gasteiger charge is -2.21. The van der Waals surface area contributed by atoms with Gasteiger partial charge in [0.1, 0.15) is 17.2 Å². The van der Waals surface area contributed by atoms with Crippen LogP contribution in [-0.2, 0) is 9.59 Å². The largest absolute Gasteiger partial charge is 0.492 e. The average Bonchev–Trinajstić information content (AvgIpc) is 2.68. The Hall–Kier alpha value is -3.11. The molecule has 2 rings (SSSR count). The van der Waals surface area contributed by atoms with Crippen LogP contribution >= 0.6 is 24.4 Å². The normalized spacial score (nSPS) is 10.1. The molecule has 9 nitrogen and oxygen atoms in total. The van der Waals surface area contributed by atoms with Crippen molar-refractivity contribution < 1.29 is 29.0 Å². The fourth-order valence-electron chi connectivity index (χ4n) is 2.34. The highest BCUT2D eigenvalue weighted by Crippen LogP contribution is 2.39. The van der Waals surface area contributed by atoms with Gasteiger partial charge in [-0.05, 0) is 37.3 Å². The quantitative estimate of drug-likeness (QED) is 0.448. The van der Waals surface area contributed by atoms with Crippen molar-refractivity contribution in [2.45, 2.75) is 13.8 Å². The molecule has 2 aromatic carbocycles. The standard InChI is InChI=1S/C19H20ClN3O6S/c1-3-28-16-9-17(29-10-18(25)26)15(8-14(16)20)23(30)19(27)22-13-6-4-12(5-7-13)21-11(2)24/h4-9,30H,3,10H2,1-2H3,(H,21,24)(H,22,27)(H,25,26). The molecule has 0 unspecified atom stereocenters. The summed E-state index contributed by atoms with van der Waals surface area (Å²) in [6, 6.07) is 8.56. The van der Waals surface area contributed by atoms with Gasteiger partial charge in [-0.3, -0.25) is 4.79 Å². The first-order valence-electron chi connectivity index (χ1n) is 8.69. The number of urea groups is 1. The van der Waals surface area contributed by atoms with Gasteiger partial charge in [0.15, 0.2) is 6.61 Å². The van der Waals surface area contributed by atoms with Crippen molar-refractivity contribution >= 4 is 59.4 Å². The first kappa shape index (κ1) is 23.2. The fraction of sp³-hybridized carbons (Fsp3) is 0.211. The van der Waals surface area contributed by atoms with Crippen molar-refractivity contribution in [3.63, 3.8) is 0 Å². The van der Waals surface area contributed by atoms with E-state index in [-0.39, 0.29) is 28.1 Å². The molecule has 3 N–H and O–H groups in total. The van der Waals surface area contributed by atoms with E-state index in [1.165, 1.54) is 19.1 Å². The number of hydrogen-bond donors (Lipinski definition) is 4. The molecule has 2 aromatic rings. The van der Waals surface area contributed by atoms with E-state index < -0.39 is 18.6 Å². The Morgan fingerprint density at radius 3 is 2.20 bits per heavy atom. The second kappa shape index (κ2) is 10.6. The summed E-state index contributed by atoms with van der Waals surface area (Å²) >= 11 is 10.4. The van der Waals surface area contributed by atoms with Gasteiger partial charge in [-0.2, -0.15) is 0 Å². The third-order valence-corrected chi connectivity index (χ3v) is 4.23. The highest BCUT2D eigenvalue weighted by molar-refractivity contribution is 7.82. The van der Waals surface area contributed by atoms with Crippen LogP contribution in [0.4, 0.5) is 21.9 Å². The molecule has 0 saturated carbocycles. The molecule has 0 heterocycles. The molecule has 0 bridgehead atoms. The number of carboxylic acids is 1.